The number of hydrogen-bond acceptors (Lipinski definition) is 7. The SMILES string of the molecule is COc1cc2c(cc1OC)-c1cc(NCCN3CCN(C(=O)c4ccccc4Cl)CC3)nc(=O)n1CC2. The predicted octanol–water partition coefficient (Wildman–Crippen LogP) is 3.01. The van der Waals surface area contributed by atoms with Gasteiger partial charge in [-0.25, -0.2) is 4.79 Å². The van der Waals surface area contributed by atoms with Gasteiger partial charge < -0.3 is 19.7 Å². The van der Waals surface area contributed by atoms with Gasteiger partial charge in [-0.05, 0) is 36.2 Å². The molecule has 0 saturated carbocycles. The van der Waals surface area contributed by atoms with Gasteiger partial charge in [-0.1, -0.05) is 23.7 Å². The molecule has 10 heteroatoms. The van der Waals surface area contributed by atoms with Crippen LogP contribution < -0.4 is 20.5 Å². The number of hydrogen-bond donors (Lipinski definition) is 1. The molecule has 1 N–H and O–H groups in total. The van der Waals surface area contributed by atoms with Gasteiger partial charge in [0, 0.05) is 57.4 Å². The number of nitrogens with zero attached hydrogens (tertiary/aromatic N) is 4. The van der Waals surface area contributed by atoms with Gasteiger partial charge in [-0.15, -0.1) is 0 Å². The molecule has 0 bridgehead atoms. The third-order valence-electron chi connectivity index (χ3n) is 7.00. The summed E-state index contributed by atoms with van der Waals surface area (Å²) in [7, 11) is 3.22. The Hall–Kier alpha value is -3.56. The van der Waals surface area contributed by atoms with Crippen LogP contribution in [0.3, 0.4) is 0 Å². The van der Waals surface area contributed by atoms with Crippen LogP contribution in [0.5, 0.6) is 11.5 Å². The summed E-state index contributed by atoms with van der Waals surface area (Å²) in [6, 6.07) is 13.0. The highest BCUT2D eigenvalue weighted by Crippen LogP contribution is 2.38. The highest BCUT2D eigenvalue weighted by atomic mass is 35.5. The molecule has 2 aliphatic rings. The first-order chi connectivity index (χ1) is 18.0. The fourth-order valence-electron chi connectivity index (χ4n) is 4.96. The summed E-state index contributed by atoms with van der Waals surface area (Å²) >= 11 is 6.20. The lowest BCUT2D eigenvalue weighted by molar-refractivity contribution is 0.0642. The molecule has 0 aliphatic carbocycles. The van der Waals surface area contributed by atoms with Crippen molar-refractivity contribution in [3.63, 3.8) is 0 Å². The van der Waals surface area contributed by atoms with Crippen LogP contribution in [0.4, 0.5) is 5.82 Å². The Morgan fingerprint density at radius 1 is 1.03 bits per heavy atom. The summed E-state index contributed by atoms with van der Waals surface area (Å²) in [5.74, 6) is 1.82. The van der Waals surface area contributed by atoms with E-state index in [1.807, 2.05) is 35.2 Å². The topological polar surface area (TPSA) is 88.9 Å². The van der Waals surface area contributed by atoms with Gasteiger partial charge in [0.05, 0.1) is 30.5 Å². The van der Waals surface area contributed by atoms with Crippen LogP contribution in [0, 0.1) is 0 Å². The van der Waals surface area contributed by atoms with Gasteiger partial charge in [0.15, 0.2) is 11.5 Å². The minimum absolute atomic E-state index is 0.0309. The van der Waals surface area contributed by atoms with Gasteiger partial charge in [-0.2, -0.15) is 4.98 Å². The first-order valence-corrected chi connectivity index (χ1v) is 12.7. The second kappa shape index (κ2) is 10.8. The van der Waals surface area contributed by atoms with Gasteiger partial charge in [0.1, 0.15) is 5.82 Å². The number of fused-ring (bicyclic) bond motifs is 3. The van der Waals surface area contributed by atoms with E-state index < -0.39 is 0 Å². The second-order valence-corrected chi connectivity index (χ2v) is 9.52. The van der Waals surface area contributed by atoms with Crippen molar-refractivity contribution in [2.24, 2.45) is 0 Å². The van der Waals surface area contributed by atoms with E-state index in [2.05, 4.69) is 15.2 Å². The number of amides is 1. The highest BCUT2D eigenvalue weighted by molar-refractivity contribution is 6.33. The maximum Gasteiger partial charge on any atom is 0.349 e. The third-order valence-corrected chi connectivity index (χ3v) is 7.33. The number of methoxy groups -OCH3 is 2. The number of carbonyl (C=O) groups is 1. The number of aromatic nitrogens is 2. The van der Waals surface area contributed by atoms with Crippen molar-refractivity contribution in [1.82, 2.24) is 19.4 Å². The van der Waals surface area contributed by atoms with E-state index in [9.17, 15) is 9.59 Å². The van der Waals surface area contributed by atoms with E-state index in [1.165, 1.54) is 0 Å². The summed E-state index contributed by atoms with van der Waals surface area (Å²) in [6.07, 6.45) is 0.724. The van der Waals surface area contributed by atoms with Crippen LogP contribution in [0.1, 0.15) is 15.9 Å². The summed E-state index contributed by atoms with van der Waals surface area (Å²) in [4.78, 5) is 34.0. The molecule has 0 atom stereocenters. The van der Waals surface area contributed by atoms with Crippen molar-refractivity contribution >= 4 is 23.3 Å². The van der Waals surface area contributed by atoms with Crippen LogP contribution in [0.15, 0.2) is 47.3 Å². The quantitative estimate of drug-likeness (QED) is 0.509. The number of piperazine rings is 1. The zero-order valence-electron chi connectivity index (χ0n) is 21.0. The van der Waals surface area contributed by atoms with E-state index in [1.54, 1.807) is 30.9 Å². The number of anilines is 1. The van der Waals surface area contributed by atoms with Crippen molar-refractivity contribution in [3.8, 4) is 22.8 Å². The zero-order valence-corrected chi connectivity index (χ0v) is 21.8. The molecule has 1 amide bonds. The minimum Gasteiger partial charge on any atom is -0.493 e. The number of ether oxygens (including phenoxy) is 2. The Balaban J connectivity index is 1.21. The molecule has 1 aromatic heterocycles. The molecular formula is C27H30ClN5O4. The molecule has 2 aliphatic heterocycles. The fraction of sp³-hybridized carbons (Fsp3) is 0.370. The molecule has 9 nitrogen and oxygen atoms in total. The van der Waals surface area contributed by atoms with E-state index in [-0.39, 0.29) is 11.6 Å². The lowest BCUT2D eigenvalue weighted by Gasteiger charge is -2.35. The number of halogens is 1. The summed E-state index contributed by atoms with van der Waals surface area (Å²) in [6.45, 7) is 4.81. The molecule has 3 heterocycles. The smallest absolute Gasteiger partial charge is 0.349 e. The monoisotopic (exact) mass is 523 g/mol. The summed E-state index contributed by atoms with van der Waals surface area (Å²) in [5, 5.41) is 3.79. The van der Waals surface area contributed by atoms with E-state index in [0.717, 1.165) is 42.9 Å². The maximum absolute atomic E-state index is 12.8. The number of benzene rings is 2. The average Bonchev–Trinajstić information content (AvgIpc) is 2.92. The standard InChI is InChI=1S/C27H30ClN5O4/c1-36-23-15-18-7-9-33-22(20(18)16-24(23)37-2)17-25(30-27(33)35)29-8-10-31-11-13-32(14-12-31)26(34)19-5-3-4-6-21(19)28/h3-6,15-17H,7-14H2,1-2H3,(H,29,30,35). The van der Waals surface area contributed by atoms with Crippen LogP contribution in [0.2, 0.25) is 5.02 Å². The molecule has 5 rings (SSSR count). The van der Waals surface area contributed by atoms with Crippen molar-refractivity contribution in [3.05, 3.63) is 69.1 Å². The Kier molecular flexibility index (Phi) is 7.34. The zero-order chi connectivity index (χ0) is 25.9. The van der Waals surface area contributed by atoms with Gasteiger partial charge in [-0.3, -0.25) is 14.3 Å². The number of nitrogens with one attached hydrogen (secondary N) is 1. The van der Waals surface area contributed by atoms with Crippen LogP contribution in [0.25, 0.3) is 11.3 Å². The molecular weight excluding hydrogens is 494 g/mol. The molecule has 37 heavy (non-hydrogen) atoms. The highest BCUT2D eigenvalue weighted by Gasteiger charge is 2.24. The maximum atomic E-state index is 12.8. The predicted molar refractivity (Wildman–Crippen MR) is 143 cm³/mol. The van der Waals surface area contributed by atoms with E-state index in [4.69, 9.17) is 21.1 Å². The third kappa shape index (κ3) is 5.14. The van der Waals surface area contributed by atoms with Gasteiger partial charge >= 0.3 is 5.69 Å². The van der Waals surface area contributed by atoms with Crippen LogP contribution in [-0.2, 0) is 13.0 Å². The molecule has 1 fully saturated rings. The molecule has 3 aromatic rings. The van der Waals surface area contributed by atoms with Gasteiger partial charge in [0.2, 0.25) is 0 Å². The molecule has 194 valence electrons. The normalized spacial score (nSPS) is 15.1. The lowest BCUT2D eigenvalue weighted by atomic mass is 9.97. The first kappa shape index (κ1) is 25.1. The van der Waals surface area contributed by atoms with Crippen molar-refractivity contribution < 1.29 is 14.3 Å². The summed E-state index contributed by atoms with van der Waals surface area (Å²) in [5.41, 5.74) is 3.15. The lowest BCUT2D eigenvalue weighted by Crippen LogP contribution is -2.49. The van der Waals surface area contributed by atoms with Crippen molar-refractivity contribution in [2.45, 2.75) is 13.0 Å². The van der Waals surface area contributed by atoms with Gasteiger partial charge in [0.25, 0.3) is 5.91 Å². The molecule has 0 unspecified atom stereocenters. The first-order valence-electron chi connectivity index (χ1n) is 12.4. The molecule has 0 radical (unpaired) electrons. The number of aryl methyl sites for hydroxylation is 1. The van der Waals surface area contributed by atoms with Crippen molar-refractivity contribution in [1.29, 1.82) is 0 Å². The largest absolute Gasteiger partial charge is 0.493 e. The average molecular weight is 524 g/mol. The summed E-state index contributed by atoms with van der Waals surface area (Å²) < 4.78 is 12.6. The van der Waals surface area contributed by atoms with Crippen LogP contribution in [-0.4, -0.2) is 78.7 Å². The van der Waals surface area contributed by atoms with Crippen molar-refractivity contribution in [2.75, 3.05) is 58.8 Å². The Morgan fingerprint density at radius 2 is 1.76 bits per heavy atom. The Bertz CT molecular complexity index is 1370. The second-order valence-electron chi connectivity index (χ2n) is 9.12. The Morgan fingerprint density at radius 3 is 2.49 bits per heavy atom. The number of carbonyl (C=O) groups excluding carboxylic acids is 1. The minimum atomic E-state index is -0.271. The van der Waals surface area contributed by atoms with Crippen LogP contribution >= 0.6 is 11.6 Å². The molecule has 2 aromatic carbocycles. The van der Waals surface area contributed by atoms with E-state index >= 15 is 0 Å². The number of rotatable bonds is 7. The molecule has 0 spiro atoms. The molecule has 1 saturated heterocycles. The van der Waals surface area contributed by atoms with E-state index in [0.29, 0.717) is 54.1 Å². The Labute approximate surface area is 220 Å². The fourth-order valence-corrected chi connectivity index (χ4v) is 5.17.